The fourth-order valence-corrected chi connectivity index (χ4v) is 2.85. The topological polar surface area (TPSA) is 0 Å². The largest absolute Gasteiger partial charge is 0.207 e. The van der Waals surface area contributed by atoms with Gasteiger partial charge in [0.25, 0.3) is 0 Å². The Morgan fingerprint density at radius 2 is 1.63 bits per heavy atom. The van der Waals surface area contributed by atoms with Crippen molar-refractivity contribution in [2.45, 2.75) is 19.2 Å². The molecule has 0 amide bonds. The summed E-state index contributed by atoms with van der Waals surface area (Å²) in [5.74, 6) is -1.18. The summed E-state index contributed by atoms with van der Waals surface area (Å²) in [6, 6.07) is 7.96. The van der Waals surface area contributed by atoms with Gasteiger partial charge in [-0.1, -0.05) is 22.0 Å². The summed E-state index contributed by atoms with van der Waals surface area (Å²) >= 11 is 9.71. The van der Waals surface area contributed by atoms with Gasteiger partial charge in [-0.2, -0.15) is 0 Å². The minimum atomic E-state index is -0.632. The van der Waals surface area contributed by atoms with Gasteiger partial charge >= 0.3 is 0 Å². The molecule has 0 saturated heterocycles. The Morgan fingerprint density at radius 1 is 0.947 bits per heavy atom. The van der Waals surface area contributed by atoms with Crippen molar-refractivity contribution in [2.75, 3.05) is 0 Å². The summed E-state index contributed by atoms with van der Waals surface area (Å²) in [5.41, 5.74) is 2.45. The monoisotopic (exact) mass is 344 g/mol. The normalized spacial score (nSPS) is 12.5. The molecule has 0 N–H and O–H groups in total. The third kappa shape index (κ3) is 2.98. The molecule has 2 rings (SSSR count). The molecule has 100 valence electrons. The molecule has 19 heavy (non-hydrogen) atoms. The van der Waals surface area contributed by atoms with Gasteiger partial charge in [-0.15, -0.1) is 11.6 Å². The third-order valence-electron chi connectivity index (χ3n) is 3.06. The number of rotatable bonds is 2. The fraction of sp³-hybridized carbons (Fsp3) is 0.200. The second kappa shape index (κ2) is 5.59. The first-order valence-electron chi connectivity index (χ1n) is 5.76. The van der Waals surface area contributed by atoms with Crippen molar-refractivity contribution in [1.82, 2.24) is 0 Å². The standard InChI is InChI=1S/C15H12BrClF2/c1-8-5-10(16)3-4-11(8)15(17)12-6-9(2)13(18)7-14(12)19/h3-7,15H,1-2H3. The first-order valence-corrected chi connectivity index (χ1v) is 6.98. The molecule has 0 nitrogen and oxygen atoms in total. The summed E-state index contributed by atoms with van der Waals surface area (Å²) in [6.45, 7) is 3.50. The minimum absolute atomic E-state index is 0.297. The summed E-state index contributed by atoms with van der Waals surface area (Å²) in [7, 11) is 0. The Labute approximate surface area is 124 Å². The van der Waals surface area contributed by atoms with Crippen LogP contribution in [0.4, 0.5) is 8.78 Å². The van der Waals surface area contributed by atoms with E-state index in [1.54, 1.807) is 6.92 Å². The third-order valence-corrected chi connectivity index (χ3v) is 4.02. The Morgan fingerprint density at radius 3 is 2.26 bits per heavy atom. The average molecular weight is 346 g/mol. The van der Waals surface area contributed by atoms with Gasteiger partial charge in [-0.05, 0) is 48.7 Å². The van der Waals surface area contributed by atoms with Gasteiger partial charge in [-0.3, -0.25) is 0 Å². The molecule has 0 spiro atoms. The van der Waals surface area contributed by atoms with Gasteiger partial charge in [-0.25, -0.2) is 8.78 Å². The SMILES string of the molecule is Cc1cc(C(Cl)c2ccc(Br)cc2C)c(F)cc1F. The van der Waals surface area contributed by atoms with Crippen LogP contribution >= 0.6 is 27.5 Å². The summed E-state index contributed by atoms with van der Waals surface area (Å²) < 4.78 is 28.1. The lowest BCUT2D eigenvalue weighted by Crippen LogP contribution is -2.01. The smallest absolute Gasteiger partial charge is 0.131 e. The summed E-state index contributed by atoms with van der Waals surface area (Å²) in [6.07, 6.45) is 0. The zero-order valence-corrected chi connectivity index (χ0v) is 12.8. The molecule has 0 aromatic heterocycles. The Balaban J connectivity index is 2.49. The van der Waals surface area contributed by atoms with Crippen LogP contribution in [0.3, 0.4) is 0 Å². The minimum Gasteiger partial charge on any atom is -0.207 e. The lowest BCUT2D eigenvalue weighted by atomic mass is 9.98. The van der Waals surface area contributed by atoms with E-state index in [0.717, 1.165) is 21.7 Å². The lowest BCUT2D eigenvalue weighted by molar-refractivity contribution is 0.568. The van der Waals surface area contributed by atoms with Crippen LogP contribution < -0.4 is 0 Å². The maximum absolute atomic E-state index is 13.8. The van der Waals surface area contributed by atoms with Crippen molar-refractivity contribution in [3.05, 3.63) is 68.7 Å². The Kier molecular flexibility index (Phi) is 4.26. The maximum Gasteiger partial charge on any atom is 0.131 e. The van der Waals surface area contributed by atoms with E-state index in [1.165, 1.54) is 6.07 Å². The van der Waals surface area contributed by atoms with Crippen LogP contribution in [0.2, 0.25) is 0 Å². The van der Waals surface area contributed by atoms with E-state index >= 15 is 0 Å². The quantitative estimate of drug-likeness (QED) is 0.615. The van der Waals surface area contributed by atoms with E-state index < -0.39 is 17.0 Å². The average Bonchev–Trinajstić information content (AvgIpc) is 2.33. The highest BCUT2D eigenvalue weighted by atomic mass is 79.9. The molecule has 1 atom stereocenters. The van der Waals surface area contributed by atoms with Crippen molar-refractivity contribution < 1.29 is 8.78 Å². The number of halogens is 4. The number of aryl methyl sites for hydroxylation is 2. The molecule has 4 heteroatoms. The zero-order valence-electron chi connectivity index (χ0n) is 10.5. The highest BCUT2D eigenvalue weighted by Gasteiger charge is 2.19. The van der Waals surface area contributed by atoms with Gasteiger partial charge < -0.3 is 0 Å². The van der Waals surface area contributed by atoms with E-state index in [2.05, 4.69) is 15.9 Å². The van der Waals surface area contributed by atoms with Gasteiger partial charge in [0.15, 0.2) is 0 Å². The second-order valence-corrected chi connectivity index (χ2v) is 5.84. The number of benzene rings is 2. The van der Waals surface area contributed by atoms with Gasteiger partial charge in [0.05, 0.1) is 5.38 Å². The van der Waals surface area contributed by atoms with Crippen molar-refractivity contribution in [3.8, 4) is 0 Å². The Hall–Kier alpha value is -0.930. The van der Waals surface area contributed by atoms with E-state index in [9.17, 15) is 8.78 Å². The van der Waals surface area contributed by atoms with Gasteiger partial charge in [0, 0.05) is 16.1 Å². The molecular formula is C15H12BrClF2. The predicted molar refractivity (Wildman–Crippen MR) is 77.7 cm³/mol. The second-order valence-electron chi connectivity index (χ2n) is 4.49. The molecule has 0 radical (unpaired) electrons. The highest BCUT2D eigenvalue weighted by Crippen LogP contribution is 2.34. The van der Waals surface area contributed by atoms with Crippen LogP contribution in [0, 0.1) is 25.5 Å². The van der Waals surface area contributed by atoms with Crippen molar-refractivity contribution in [2.24, 2.45) is 0 Å². The molecule has 0 saturated carbocycles. The molecule has 0 fully saturated rings. The molecule has 0 aliphatic heterocycles. The van der Waals surface area contributed by atoms with E-state index in [0.29, 0.717) is 11.1 Å². The molecule has 0 aliphatic rings. The van der Waals surface area contributed by atoms with E-state index in [-0.39, 0.29) is 0 Å². The first-order chi connectivity index (χ1) is 8.90. The van der Waals surface area contributed by atoms with Crippen LogP contribution in [0.1, 0.15) is 27.6 Å². The number of alkyl halides is 1. The lowest BCUT2D eigenvalue weighted by Gasteiger charge is -2.15. The number of hydrogen-bond donors (Lipinski definition) is 0. The maximum atomic E-state index is 13.8. The van der Waals surface area contributed by atoms with Crippen molar-refractivity contribution in [3.63, 3.8) is 0 Å². The highest BCUT2D eigenvalue weighted by molar-refractivity contribution is 9.10. The molecule has 2 aromatic rings. The van der Waals surface area contributed by atoms with E-state index in [1.807, 2.05) is 25.1 Å². The number of hydrogen-bond acceptors (Lipinski definition) is 0. The molecule has 0 bridgehead atoms. The fourth-order valence-electron chi connectivity index (χ4n) is 1.96. The summed E-state index contributed by atoms with van der Waals surface area (Å²) in [5, 5.41) is -0.632. The molecule has 1 unspecified atom stereocenters. The molecular weight excluding hydrogens is 334 g/mol. The van der Waals surface area contributed by atoms with Crippen LogP contribution in [0.15, 0.2) is 34.8 Å². The van der Waals surface area contributed by atoms with Crippen LogP contribution in [0.25, 0.3) is 0 Å². The summed E-state index contributed by atoms with van der Waals surface area (Å²) in [4.78, 5) is 0. The van der Waals surface area contributed by atoms with Gasteiger partial charge in [0.1, 0.15) is 11.6 Å². The molecule has 2 aromatic carbocycles. The molecule has 0 aliphatic carbocycles. The first kappa shape index (κ1) is 14.5. The van der Waals surface area contributed by atoms with E-state index in [4.69, 9.17) is 11.6 Å². The van der Waals surface area contributed by atoms with Gasteiger partial charge in [0.2, 0.25) is 0 Å². The Bertz CT molecular complexity index is 626. The van der Waals surface area contributed by atoms with Crippen LogP contribution in [-0.4, -0.2) is 0 Å². The zero-order chi connectivity index (χ0) is 14.2. The van der Waals surface area contributed by atoms with Crippen LogP contribution in [-0.2, 0) is 0 Å². The van der Waals surface area contributed by atoms with Crippen molar-refractivity contribution >= 4 is 27.5 Å². The predicted octanol–water partition coefficient (Wildman–Crippen LogP) is 5.67. The van der Waals surface area contributed by atoms with Crippen LogP contribution in [0.5, 0.6) is 0 Å². The van der Waals surface area contributed by atoms with Crippen molar-refractivity contribution in [1.29, 1.82) is 0 Å². The molecule has 0 heterocycles.